The van der Waals surface area contributed by atoms with Crippen molar-refractivity contribution in [2.45, 2.75) is 46.0 Å². The summed E-state index contributed by atoms with van der Waals surface area (Å²) < 4.78 is 16.9. The molecule has 0 heterocycles. The molecule has 0 radical (unpaired) electrons. The summed E-state index contributed by atoms with van der Waals surface area (Å²) in [6.07, 6.45) is 2.92. The standard InChI is InChI=1S/C18H25IO5/c1-4-6-10-23-17(21)8-7-15(20)13-11-14(19)18(24-9-5-2)16(12-13)22-3/h11-12H,4-10H2,1-3H3. The Bertz CT molecular complexity index is 557. The van der Waals surface area contributed by atoms with Crippen LogP contribution in [0.25, 0.3) is 0 Å². The van der Waals surface area contributed by atoms with E-state index >= 15 is 0 Å². The third-order valence-electron chi connectivity index (χ3n) is 3.32. The van der Waals surface area contributed by atoms with Gasteiger partial charge in [-0.1, -0.05) is 20.3 Å². The summed E-state index contributed by atoms with van der Waals surface area (Å²) in [5.41, 5.74) is 0.515. The third-order valence-corrected chi connectivity index (χ3v) is 4.12. The van der Waals surface area contributed by atoms with E-state index in [1.807, 2.05) is 13.8 Å². The average molecular weight is 448 g/mol. The molecule has 134 valence electrons. The Balaban J connectivity index is 2.70. The van der Waals surface area contributed by atoms with E-state index in [2.05, 4.69) is 22.6 Å². The minimum absolute atomic E-state index is 0.0928. The summed E-state index contributed by atoms with van der Waals surface area (Å²) in [5, 5.41) is 0. The van der Waals surface area contributed by atoms with Gasteiger partial charge in [0.25, 0.3) is 0 Å². The van der Waals surface area contributed by atoms with Crippen molar-refractivity contribution >= 4 is 34.3 Å². The number of methoxy groups -OCH3 is 1. The highest BCUT2D eigenvalue weighted by Crippen LogP contribution is 2.34. The summed E-state index contributed by atoms with van der Waals surface area (Å²) in [4.78, 5) is 23.9. The predicted molar refractivity (Wildman–Crippen MR) is 101 cm³/mol. The van der Waals surface area contributed by atoms with Gasteiger partial charge in [0.15, 0.2) is 17.3 Å². The average Bonchev–Trinajstić information content (AvgIpc) is 2.58. The first kappa shape index (κ1) is 20.7. The van der Waals surface area contributed by atoms with Gasteiger partial charge >= 0.3 is 5.97 Å². The molecule has 5 nitrogen and oxygen atoms in total. The number of benzene rings is 1. The number of hydrogen-bond acceptors (Lipinski definition) is 5. The molecule has 1 aromatic carbocycles. The number of unbranched alkanes of at least 4 members (excludes halogenated alkanes) is 1. The monoisotopic (exact) mass is 448 g/mol. The van der Waals surface area contributed by atoms with Crippen molar-refractivity contribution in [3.8, 4) is 11.5 Å². The highest BCUT2D eigenvalue weighted by Gasteiger charge is 2.16. The lowest BCUT2D eigenvalue weighted by Crippen LogP contribution is -2.10. The van der Waals surface area contributed by atoms with Gasteiger partial charge in [-0.2, -0.15) is 0 Å². The maximum absolute atomic E-state index is 12.3. The van der Waals surface area contributed by atoms with Crippen molar-refractivity contribution in [3.05, 3.63) is 21.3 Å². The molecule has 0 saturated heterocycles. The smallest absolute Gasteiger partial charge is 0.306 e. The van der Waals surface area contributed by atoms with Gasteiger partial charge < -0.3 is 14.2 Å². The maximum atomic E-state index is 12.3. The fourth-order valence-electron chi connectivity index (χ4n) is 1.99. The van der Waals surface area contributed by atoms with E-state index in [4.69, 9.17) is 14.2 Å². The summed E-state index contributed by atoms with van der Waals surface area (Å²) in [6, 6.07) is 3.43. The molecule has 0 aliphatic rings. The van der Waals surface area contributed by atoms with Crippen LogP contribution in [0.15, 0.2) is 12.1 Å². The topological polar surface area (TPSA) is 61.8 Å². The van der Waals surface area contributed by atoms with Crippen LogP contribution in [-0.2, 0) is 9.53 Å². The lowest BCUT2D eigenvalue weighted by molar-refractivity contribution is -0.143. The van der Waals surface area contributed by atoms with E-state index in [1.54, 1.807) is 19.2 Å². The van der Waals surface area contributed by atoms with Gasteiger partial charge in [-0.15, -0.1) is 0 Å². The normalized spacial score (nSPS) is 10.3. The lowest BCUT2D eigenvalue weighted by Gasteiger charge is -2.13. The van der Waals surface area contributed by atoms with Crippen molar-refractivity contribution in [1.29, 1.82) is 0 Å². The summed E-state index contributed by atoms with van der Waals surface area (Å²) in [7, 11) is 1.55. The van der Waals surface area contributed by atoms with Crippen molar-refractivity contribution < 1.29 is 23.8 Å². The molecule has 0 aromatic heterocycles. The second-order valence-corrected chi connectivity index (χ2v) is 6.50. The Morgan fingerprint density at radius 2 is 1.83 bits per heavy atom. The predicted octanol–water partition coefficient (Wildman–Crippen LogP) is 4.39. The van der Waals surface area contributed by atoms with E-state index in [0.717, 1.165) is 22.8 Å². The number of rotatable bonds is 11. The van der Waals surface area contributed by atoms with Crippen LogP contribution in [0.2, 0.25) is 0 Å². The summed E-state index contributed by atoms with van der Waals surface area (Å²) in [5.74, 6) is 0.738. The van der Waals surface area contributed by atoms with Crippen molar-refractivity contribution in [3.63, 3.8) is 0 Å². The second-order valence-electron chi connectivity index (χ2n) is 5.34. The Labute approximate surface area is 157 Å². The molecular formula is C18H25IO5. The number of ketones is 1. The van der Waals surface area contributed by atoms with Crippen LogP contribution in [0.3, 0.4) is 0 Å². The fraction of sp³-hybridized carbons (Fsp3) is 0.556. The molecular weight excluding hydrogens is 423 g/mol. The molecule has 1 rings (SSSR count). The van der Waals surface area contributed by atoms with Gasteiger partial charge in [0.1, 0.15) is 0 Å². The molecule has 0 bridgehead atoms. The Hall–Kier alpha value is -1.31. The zero-order chi connectivity index (χ0) is 17.9. The van der Waals surface area contributed by atoms with Gasteiger partial charge in [-0.3, -0.25) is 9.59 Å². The van der Waals surface area contributed by atoms with Crippen LogP contribution in [-0.4, -0.2) is 32.1 Å². The fourth-order valence-corrected chi connectivity index (χ4v) is 2.74. The molecule has 0 atom stereocenters. The van der Waals surface area contributed by atoms with Crippen molar-refractivity contribution in [1.82, 2.24) is 0 Å². The molecule has 0 spiro atoms. The van der Waals surface area contributed by atoms with Crippen LogP contribution < -0.4 is 9.47 Å². The van der Waals surface area contributed by atoms with Crippen molar-refractivity contribution in [2.75, 3.05) is 20.3 Å². The quantitative estimate of drug-likeness (QED) is 0.218. The maximum Gasteiger partial charge on any atom is 0.306 e. The van der Waals surface area contributed by atoms with Crippen LogP contribution >= 0.6 is 22.6 Å². The summed E-state index contributed by atoms with van der Waals surface area (Å²) >= 11 is 2.12. The largest absolute Gasteiger partial charge is 0.493 e. The van der Waals surface area contributed by atoms with Gasteiger partial charge in [-0.25, -0.2) is 0 Å². The number of carbonyl (C=O) groups excluding carboxylic acids is 2. The molecule has 1 aromatic rings. The Morgan fingerprint density at radius 3 is 2.46 bits per heavy atom. The van der Waals surface area contributed by atoms with Crippen LogP contribution in [0, 0.1) is 3.57 Å². The number of esters is 1. The molecule has 0 fully saturated rings. The molecule has 6 heteroatoms. The number of halogens is 1. The second kappa shape index (κ2) is 11.3. The molecule has 24 heavy (non-hydrogen) atoms. The molecule has 0 amide bonds. The van der Waals surface area contributed by atoms with Crippen LogP contribution in [0.5, 0.6) is 11.5 Å². The van der Waals surface area contributed by atoms with E-state index in [1.165, 1.54) is 0 Å². The number of Topliss-reactive ketones (excluding diaryl/α,β-unsaturated/α-hetero) is 1. The molecule has 0 unspecified atom stereocenters. The minimum Gasteiger partial charge on any atom is -0.493 e. The first-order chi connectivity index (χ1) is 11.5. The van der Waals surface area contributed by atoms with Gasteiger partial charge in [0.2, 0.25) is 0 Å². The van der Waals surface area contributed by atoms with E-state index in [-0.39, 0.29) is 24.6 Å². The SMILES string of the molecule is CCCCOC(=O)CCC(=O)c1cc(I)c(OCCC)c(OC)c1. The zero-order valence-corrected chi connectivity index (χ0v) is 16.7. The van der Waals surface area contributed by atoms with E-state index in [9.17, 15) is 9.59 Å². The number of hydrogen-bond donors (Lipinski definition) is 0. The first-order valence-electron chi connectivity index (χ1n) is 8.22. The van der Waals surface area contributed by atoms with Crippen molar-refractivity contribution in [2.24, 2.45) is 0 Å². The lowest BCUT2D eigenvalue weighted by atomic mass is 10.1. The number of ether oxygens (including phenoxy) is 3. The molecule has 0 N–H and O–H groups in total. The zero-order valence-electron chi connectivity index (χ0n) is 14.5. The minimum atomic E-state index is -0.332. The highest BCUT2D eigenvalue weighted by atomic mass is 127. The highest BCUT2D eigenvalue weighted by molar-refractivity contribution is 14.1. The first-order valence-corrected chi connectivity index (χ1v) is 9.30. The van der Waals surface area contributed by atoms with E-state index < -0.39 is 0 Å². The number of carbonyl (C=O) groups is 2. The van der Waals surface area contributed by atoms with Crippen LogP contribution in [0.4, 0.5) is 0 Å². The van der Waals surface area contributed by atoms with Gasteiger partial charge in [0, 0.05) is 12.0 Å². The Morgan fingerprint density at radius 1 is 1.08 bits per heavy atom. The van der Waals surface area contributed by atoms with Crippen LogP contribution in [0.1, 0.15) is 56.3 Å². The van der Waals surface area contributed by atoms with Gasteiger partial charge in [0.05, 0.1) is 30.3 Å². The summed E-state index contributed by atoms with van der Waals surface area (Å²) in [6.45, 7) is 5.05. The van der Waals surface area contributed by atoms with Gasteiger partial charge in [-0.05, 0) is 47.6 Å². The third kappa shape index (κ3) is 6.67. The molecule has 0 saturated carbocycles. The Kier molecular flexibility index (Phi) is 9.75. The molecule has 0 aliphatic carbocycles. The molecule has 0 aliphatic heterocycles. The van der Waals surface area contributed by atoms with E-state index in [0.29, 0.717) is 30.3 Å².